The lowest BCUT2D eigenvalue weighted by molar-refractivity contribution is -0.139. The van der Waals surface area contributed by atoms with Crippen molar-refractivity contribution in [2.24, 2.45) is 0 Å². The lowest BCUT2D eigenvalue weighted by atomic mass is 10.2. The molecule has 0 heterocycles. The molecule has 3 nitrogen and oxygen atoms in total. The van der Waals surface area contributed by atoms with Crippen molar-refractivity contribution in [1.29, 1.82) is 0 Å². The van der Waals surface area contributed by atoms with E-state index in [0.717, 1.165) is 5.56 Å². The summed E-state index contributed by atoms with van der Waals surface area (Å²) >= 11 is 8.73. The van der Waals surface area contributed by atoms with Crippen molar-refractivity contribution >= 4 is 33.5 Å². The van der Waals surface area contributed by atoms with Gasteiger partial charge in [0, 0.05) is 13.1 Å². The van der Waals surface area contributed by atoms with E-state index < -0.39 is 10.6 Å². The van der Waals surface area contributed by atoms with Crippen LogP contribution in [0.25, 0.3) is 0 Å². The van der Waals surface area contributed by atoms with E-state index >= 15 is 0 Å². The van der Waals surface area contributed by atoms with Gasteiger partial charge in [-0.2, -0.15) is 0 Å². The van der Waals surface area contributed by atoms with Gasteiger partial charge in [0.1, 0.15) is 10.6 Å². The van der Waals surface area contributed by atoms with Crippen molar-refractivity contribution < 1.29 is 13.9 Å². The Labute approximate surface area is 112 Å². The number of carbonyl (C=O) groups is 1. The van der Waals surface area contributed by atoms with E-state index in [1.165, 1.54) is 19.2 Å². The number of hydrogen-bond acceptors (Lipinski definition) is 3. The first-order chi connectivity index (χ1) is 8.04. The van der Waals surface area contributed by atoms with E-state index in [9.17, 15) is 9.18 Å². The van der Waals surface area contributed by atoms with Crippen LogP contribution in [0.5, 0.6) is 0 Å². The molecule has 0 aliphatic rings. The average molecular weight is 325 g/mol. The number of benzene rings is 1. The summed E-state index contributed by atoms with van der Waals surface area (Å²) < 4.78 is 17.7. The van der Waals surface area contributed by atoms with Crippen LogP contribution in [-0.2, 0) is 16.1 Å². The van der Waals surface area contributed by atoms with E-state index in [-0.39, 0.29) is 11.0 Å². The summed E-state index contributed by atoms with van der Waals surface area (Å²) in [6.45, 7) is 0.851. The highest BCUT2D eigenvalue weighted by molar-refractivity contribution is 9.10. The molecule has 0 aliphatic carbocycles. The SMILES string of the molecule is COC(=O)C(Br)CNCc1ccc(Cl)c(F)c1. The summed E-state index contributed by atoms with van der Waals surface area (Å²) in [4.78, 5) is 10.7. The quantitative estimate of drug-likeness (QED) is 0.668. The van der Waals surface area contributed by atoms with Gasteiger partial charge in [0.2, 0.25) is 0 Å². The first-order valence-electron chi connectivity index (χ1n) is 4.91. The molecule has 0 spiro atoms. The summed E-state index contributed by atoms with van der Waals surface area (Å²) in [5.41, 5.74) is 0.761. The van der Waals surface area contributed by atoms with Crippen molar-refractivity contribution in [3.8, 4) is 0 Å². The molecule has 0 saturated heterocycles. The second kappa shape index (κ2) is 6.93. The van der Waals surface area contributed by atoms with Gasteiger partial charge in [0.05, 0.1) is 12.1 Å². The van der Waals surface area contributed by atoms with E-state index in [0.29, 0.717) is 13.1 Å². The van der Waals surface area contributed by atoms with Crippen LogP contribution in [0.4, 0.5) is 4.39 Å². The normalized spacial score (nSPS) is 12.2. The molecule has 0 radical (unpaired) electrons. The molecule has 1 rings (SSSR count). The van der Waals surface area contributed by atoms with Gasteiger partial charge in [0.15, 0.2) is 0 Å². The molecular formula is C11H12BrClFNO2. The van der Waals surface area contributed by atoms with Crippen molar-refractivity contribution in [2.45, 2.75) is 11.4 Å². The molecule has 94 valence electrons. The Morgan fingerprint density at radius 2 is 2.35 bits per heavy atom. The molecule has 1 aromatic rings. The molecule has 0 bridgehead atoms. The first-order valence-corrected chi connectivity index (χ1v) is 6.20. The first kappa shape index (κ1) is 14.4. The minimum absolute atomic E-state index is 0.0988. The van der Waals surface area contributed by atoms with Crippen LogP contribution in [0, 0.1) is 5.82 Å². The van der Waals surface area contributed by atoms with Crippen LogP contribution in [0.15, 0.2) is 18.2 Å². The van der Waals surface area contributed by atoms with Gasteiger partial charge in [-0.3, -0.25) is 4.79 Å². The van der Waals surface area contributed by atoms with Crippen molar-refractivity contribution in [2.75, 3.05) is 13.7 Å². The number of hydrogen-bond donors (Lipinski definition) is 1. The molecule has 0 saturated carbocycles. The lowest BCUT2D eigenvalue weighted by Crippen LogP contribution is -2.29. The summed E-state index contributed by atoms with van der Waals surface area (Å²) in [6.07, 6.45) is 0. The molecule has 0 aliphatic heterocycles. The Bertz CT molecular complexity index is 403. The third kappa shape index (κ3) is 4.61. The fourth-order valence-electron chi connectivity index (χ4n) is 1.20. The molecule has 1 unspecified atom stereocenters. The van der Waals surface area contributed by atoms with E-state index in [4.69, 9.17) is 11.6 Å². The predicted molar refractivity (Wildman–Crippen MR) is 67.8 cm³/mol. The number of rotatable bonds is 5. The Hall–Kier alpha value is -0.650. The van der Waals surface area contributed by atoms with E-state index in [2.05, 4.69) is 26.0 Å². The molecule has 17 heavy (non-hydrogen) atoms. The van der Waals surface area contributed by atoms with Crippen molar-refractivity contribution in [3.05, 3.63) is 34.6 Å². The summed E-state index contributed by atoms with van der Waals surface area (Å²) in [5.74, 6) is -0.797. The minimum atomic E-state index is -0.450. The second-order valence-corrected chi connectivity index (χ2v) is 4.88. The molecule has 0 fully saturated rings. The van der Waals surface area contributed by atoms with Gasteiger partial charge in [-0.15, -0.1) is 0 Å². The van der Waals surface area contributed by atoms with Gasteiger partial charge in [-0.25, -0.2) is 4.39 Å². The van der Waals surface area contributed by atoms with Crippen molar-refractivity contribution in [1.82, 2.24) is 5.32 Å². The molecule has 0 amide bonds. The number of methoxy groups -OCH3 is 1. The van der Waals surface area contributed by atoms with E-state index in [1.807, 2.05) is 0 Å². The Kier molecular flexibility index (Phi) is 5.88. The highest BCUT2D eigenvalue weighted by Gasteiger charge is 2.14. The monoisotopic (exact) mass is 323 g/mol. The van der Waals surface area contributed by atoms with Crippen LogP contribution in [0.3, 0.4) is 0 Å². The maximum absolute atomic E-state index is 13.1. The van der Waals surface area contributed by atoms with Gasteiger partial charge in [-0.1, -0.05) is 33.6 Å². The molecule has 0 aromatic heterocycles. The zero-order valence-electron chi connectivity index (χ0n) is 9.17. The third-order valence-electron chi connectivity index (χ3n) is 2.09. The third-order valence-corrected chi connectivity index (χ3v) is 3.10. The number of carbonyl (C=O) groups excluding carboxylic acids is 1. The second-order valence-electron chi connectivity index (χ2n) is 3.37. The Balaban J connectivity index is 2.40. The van der Waals surface area contributed by atoms with Gasteiger partial charge >= 0.3 is 5.97 Å². The standard InChI is InChI=1S/C11H12BrClFNO2/c1-17-11(16)8(12)6-15-5-7-2-3-9(13)10(14)4-7/h2-4,8,15H,5-6H2,1H3. The van der Waals surface area contributed by atoms with Crippen molar-refractivity contribution in [3.63, 3.8) is 0 Å². The highest BCUT2D eigenvalue weighted by atomic mass is 79.9. The highest BCUT2D eigenvalue weighted by Crippen LogP contribution is 2.15. The zero-order valence-corrected chi connectivity index (χ0v) is 11.5. The number of halogens is 3. The summed E-state index contributed by atoms with van der Waals surface area (Å²) in [7, 11) is 1.32. The Morgan fingerprint density at radius 1 is 1.65 bits per heavy atom. The molecular weight excluding hydrogens is 312 g/mol. The maximum atomic E-state index is 13.1. The largest absolute Gasteiger partial charge is 0.468 e. The van der Waals surface area contributed by atoms with E-state index in [1.54, 1.807) is 6.07 Å². The minimum Gasteiger partial charge on any atom is -0.468 e. The summed E-state index contributed by atoms with van der Waals surface area (Å²) in [6, 6.07) is 4.58. The number of alkyl halides is 1. The predicted octanol–water partition coefficient (Wildman–Crippen LogP) is 2.51. The molecule has 1 atom stereocenters. The average Bonchev–Trinajstić information content (AvgIpc) is 2.32. The number of esters is 1. The molecule has 1 N–H and O–H groups in total. The summed E-state index contributed by atoms with van der Waals surface area (Å²) in [5, 5.41) is 3.10. The van der Waals surface area contributed by atoms with Crippen LogP contribution in [0.2, 0.25) is 5.02 Å². The van der Waals surface area contributed by atoms with Crippen LogP contribution in [0.1, 0.15) is 5.56 Å². The van der Waals surface area contributed by atoms with Gasteiger partial charge in [0.25, 0.3) is 0 Å². The van der Waals surface area contributed by atoms with Crippen LogP contribution in [-0.4, -0.2) is 24.5 Å². The van der Waals surface area contributed by atoms with Gasteiger partial charge in [-0.05, 0) is 17.7 Å². The lowest BCUT2D eigenvalue weighted by Gasteiger charge is -2.09. The number of ether oxygens (including phenoxy) is 1. The molecule has 1 aromatic carbocycles. The van der Waals surface area contributed by atoms with Gasteiger partial charge < -0.3 is 10.1 Å². The smallest absolute Gasteiger partial charge is 0.320 e. The zero-order chi connectivity index (χ0) is 12.8. The van der Waals surface area contributed by atoms with Crippen LogP contribution >= 0.6 is 27.5 Å². The topological polar surface area (TPSA) is 38.3 Å². The molecule has 6 heteroatoms. The number of nitrogens with one attached hydrogen (secondary N) is 1. The van der Waals surface area contributed by atoms with Crippen LogP contribution < -0.4 is 5.32 Å². The fraction of sp³-hybridized carbons (Fsp3) is 0.364. The fourth-order valence-corrected chi connectivity index (χ4v) is 1.74. The maximum Gasteiger partial charge on any atom is 0.320 e. The Morgan fingerprint density at radius 3 is 2.94 bits per heavy atom.